The molecule has 2 bridgehead atoms. The summed E-state index contributed by atoms with van der Waals surface area (Å²) < 4.78 is 5.67. The van der Waals surface area contributed by atoms with Crippen LogP contribution in [0.1, 0.15) is 38.2 Å². The first kappa shape index (κ1) is 38.5. The summed E-state index contributed by atoms with van der Waals surface area (Å²) in [6.07, 6.45) is 5.99. The number of benzene rings is 1. The fourth-order valence-corrected chi connectivity index (χ4v) is 3.49. The van der Waals surface area contributed by atoms with Crippen molar-refractivity contribution in [1.82, 2.24) is 21.3 Å². The van der Waals surface area contributed by atoms with Crippen molar-refractivity contribution < 1.29 is 33.8 Å². The molecule has 0 spiro atoms. The van der Waals surface area contributed by atoms with E-state index in [4.69, 9.17) is 10.5 Å². The van der Waals surface area contributed by atoms with Crippen LogP contribution in [-0.4, -0.2) is 93.0 Å². The van der Waals surface area contributed by atoms with E-state index in [0.29, 0.717) is 31.6 Å². The normalized spacial score (nSPS) is 18.6. The van der Waals surface area contributed by atoms with E-state index >= 15 is 0 Å². The van der Waals surface area contributed by atoms with Crippen LogP contribution in [0.15, 0.2) is 41.4 Å². The van der Waals surface area contributed by atoms with Crippen molar-refractivity contribution in [2.75, 3.05) is 33.8 Å². The summed E-state index contributed by atoms with van der Waals surface area (Å²) >= 11 is 0. The van der Waals surface area contributed by atoms with Crippen molar-refractivity contribution in [2.45, 2.75) is 57.2 Å². The number of carboxylic acids is 1. The summed E-state index contributed by atoms with van der Waals surface area (Å²) in [5.74, 6) is -2.41. The van der Waals surface area contributed by atoms with Gasteiger partial charge < -0.3 is 48.3 Å². The van der Waals surface area contributed by atoms with Crippen LogP contribution in [0.4, 0.5) is 0 Å². The van der Waals surface area contributed by atoms with E-state index in [0.717, 1.165) is 11.9 Å². The van der Waals surface area contributed by atoms with Gasteiger partial charge in [-0.25, -0.2) is 4.79 Å². The second kappa shape index (κ2) is 23.1. The molecule has 3 unspecified atom stereocenters. The van der Waals surface area contributed by atoms with Crippen LogP contribution in [-0.2, 0) is 30.4 Å². The smallest absolute Gasteiger partial charge is 0.326 e. The molecule has 0 aromatic heterocycles. The zero-order valence-electron chi connectivity index (χ0n) is 25.0. The molecule has 3 atom stereocenters. The van der Waals surface area contributed by atoms with Gasteiger partial charge in [-0.1, -0.05) is 31.2 Å². The average molecular weight is 607 g/mol. The summed E-state index contributed by atoms with van der Waals surface area (Å²) in [6.45, 7) is 1.95. The highest BCUT2D eigenvalue weighted by Crippen LogP contribution is 2.14. The van der Waals surface area contributed by atoms with Crippen molar-refractivity contribution in [3.8, 4) is 5.75 Å². The number of carboxylic acid groups (broad SMARTS) is 1. The number of ether oxygens (including phenoxy) is 1. The summed E-state index contributed by atoms with van der Waals surface area (Å²) in [7, 11) is 3.15. The van der Waals surface area contributed by atoms with E-state index in [9.17, 15) is 29.1 Å². The second-order valence-corrected chi connectivity index (χ2v) is 8.96. The van der Waals surface area contributed by atoms with Gasteiger partial charge in [0.05, 0.1) is 18.9 Å². The average Bonchev–Trinajstić information content (AvgIpc) is 3.00. The molecular formula is C28H46N8O7. The van der Waals surface area contributed by atoms with E-state index in [1.807, 2.05) is 12.1 Å². The standard InChI is InChI=1S/C24H34N6O6.C3H7NO.CH5N/c1-26-20-13-16-7-9-17(10-8-16)36-12-3-2-5-18(29-21(31)14-28-22(20)32)23(33)30-19(24(34)35)6-4-11-27-15-25;1-2-3(4)5;1-2/h2-3,7-10,15,18-20,26H,4-6,11-14H2,1H3,(H2,25,27)(H,28,32)(H,29,31)(H,30,33)(H,34,35);2H2,1H3,(H2,4,5);2H2,1H3/b3-2-;;. The Kier molecular flexibility index (Phi) is 20.7. The van der Waals surface area contributed by atoms with Crippen LogP contribution < -0.4 is 43.2 Å². The van der Waals surface area contributed by atoms with Gasteiger partial charge in [-0.3, -0.25) is 24.2 Å². The number of fused-ring (bicyclic) bond motifs is 13. The zero-order valence-corrected chi connectivity index (χ0v) is 25.0. The number of hydrogen-bond acceptors (Lipinski definition) is 9. The monoisotopic (exact) mass is 606 g/mol. The van der Waals surface area contributed by atoms with Crippen LogP contribution in [0, 0.1) is 0 Å². The summed E-state index contributed by atoms with van der Waals surface area (Å²) in [6, 6.07) is 4.56. The highest BCUT2D eigenvalue weighted by molar-refractivity contribution is 5.92. The summed E-state index contributed by atoms with van der Waals surface area (Å²) in [5.41, 5.74) is 15.3. The Morgan fingerprint density at radius 2 is 1.84 bits per heavy atom. The van der Waals surface area contributed by atoms with Crippen LogP contribution in [0.3, 0.4) is 0 Å². The quantitative estimate of drug-likeness (QED) is 0.0702. The summed E-state index contributed by atoms with van der Waals surface area (Å²) in [4.78, 5) is 63.0. The minimum absolute atomic E-state index is 0.0940. The predicted molar refractivity (Wildman–Crippen MR) is 163 cm³/mol. The molecule has 4 amide bonds. The number of carbonyl (C=O) groups excluding carboxylic acids is 4. The van der Waals surface area contributed by atoms with Crippen molar-refractivity contribution in [2.24, 2.45) is 22.2 Å². The molecule has 11 N–H and O–H groups in total. The molecule has 0 saturated heterocycles. The van der Waals surface area contributed by atoms with Crippen LogP contribution >= 0.6 is 0 Å². The number of rotatable bonds is 9. The van der Waals surface area contributed by atoms with Crippen molar-refractivity contribution >= 4 is 35.9 Å². The first-order valence-electron chi connectivity index (χ1n) is 13.8. The van der Waals surface area contributed by atoms with Crippen molar-refractivity contribution in [3.63, 3.8) is 0 Å². The molecule has 1 aromatic carbocycles. The van der Waals surface area contributed by atoms with Crippen molar-refractivity contribution in [1.29, 1.82) is 0 Å². The van der Waals surface area contributed by atoms with Gasteiger partial charge in [0.1, 0.15) is 24.4 Å². The van der Waals surface area contributed by atoms with E-state index < -0.39 is 35.9 Å². The van der Waals surface area contributed by atoms with E-state index in [2.05, 4.69) is 37.7 Å². The van der Waals surface area contributed by atoms with E-state index in [1.54, 1.807) is 38.3 Å². The fraction of sp³-hybridized carbons (Fsp3) is 0.500. The van der Waals surface area contributed by atoms with Crippen LogP contribution in [0.2, 0.25) is 0 Å². The minimum atomic E-state index is -1.20. The SMILES string of the molecule is CCC(N)=O.CN.CNC1Cc2ccc(cc2)OC/C=C\CC(C(=O)NC(CCCN=CN)C(=O)O)NC(=O)CNC1=O. The molecule has 0 fully saturated rings. The number of aliphatic carboxylic acids is 1. The third-order valence-corrected chi connectivity index (χ3v) is 5.84. The summed E-state index contributed by atoms with van der Waals surface area (Å²) in [5, 5.41) is 20.0. The maximum absolute atomic E-state index is 12.9. The molecule has 0 radical (unpaired) electrons. The van der Waals surface area contributed by atoms with Gasteiger partial charge in [0, 0.05) is 13.0 Å². The molecule has 3 rings (SSSR count). The van der Waals surface area contributed by atoms with Gasteiger partial charge in [-0.05, 0) is 57.5 Å². The molecular weight excluding hydrogens is 560 g/mol. The van der Waals surface area contributed by atoms with Gasteiger partial charge in [-0.2, -0.15) is 0 Å². The minimum Gasteiger partial charge on any atom is -0.490 e. The van der Waals surface area contributed by atoms with Gasteiger partial charge in [0.2, 0.25) is 23.6 Å². The molecule has 15 nitrogen and oxygen atoms in total. The Hall–Kier alpha value is -4.50. The van der Waals surface area contributed by atoms with E-state index in [-0.39, 0.29) is 37.8 Å². The third kappa shape index (κ3) is 17.1. The molecule has 2 aliphatic heterocycles. The Morgan fingerprint density at radius 3 is 2.40 bits per heavy atom. The number of carbonyl (C=O) groups is 5. The molecule has 0 saturated carbocycles. The first-order chi connectivity index (χ1) is 20.6. The lowest BCUT2D eigenvalue weighted by Gasteiger charge is -2.21. The number of nitrogens with one attached hydrogen (secondary N) is 4. The van der Waals surface area contributed by atoms with E-state index in [1.165, 1.54) is 7.05 Å². The van der Waals surface area contributed by atoms with Gasteiger partial charge in [0.25, 0.3) is 0 Å². The van der Waals surface area contributed by atoms with Crippen LogP contribution in [0.5, 0.6) is 5.75 Å². The lowest BCUT2D eigenvalue weighted by molar-refractivity contribution is -0.142. The highest BCUT2D eigenvalue weighted by atomic mass is 16.5. The molecule has 43 heavy (non-hydrogen) atoms. The molecule has 1 aromatic rings. The molecule has 2 heterocycles. The maximum Gasteiger partial charge on any atom is 0.326 e. The lowest BCUT2D eigenvalue weighted by atomic mass is 10.1. The number of aliphatic imine (C=N–C) groups is 1. The fourth-order valence-electron chi connectivity index (χ4n) is 3.49. The predicted octanol–water partition coefficient (Wildman–Crippen LogP) is -1.45. The molecule has 15 heteroatoms. The number of nitrogens with zero attached hydrogens (tertiary/aromatic N) is 1. The maximum atomic E-state index is 12.9. The number of primary amides is 1. The lowest BCUT2D eigenvalue weighted by Crippen LogP contribution is -2.53. The number of amides is 4. The largest absolute Gasteiger partial charge is 0.490 e. The zero-order chi connectivity index (χ0) is 32.6. The number of likely N-dealkylation sites (N-methyl/N-ethyl adjacent to an activating group) is 1. The Balaban J connectivity index is 0.00000227. The Labute approximate surface area is 252 Å². The number of nitrogens with two attached hydrogens (primary N) is 3. The third-order valence-electron chi connectivity index (χ3n) is 5.84. The van der Waals surface area contributed by atoms with Crippen molar-refractivity contribution in [3.05, 3.63) is 42.0 Å². The van der Waals surface area contributed by atoms with Gasteiger partial charge in [-0.15, -0.1) is 0 Å². The number of hydrogen-bond donors (Lipinski definition) is 8. The molecule has 0 aliphatic carbocycles. The topological polar surface area (TPSA) is 253 Å². The first-order valence-corrected chi connectivity index (χ1v) is 13.8. The Bertz CT molecular complexity index is 1060. The Morgan fingerprint density at radius 1 is 1.19 bits per heavy atom. The second-order valence-electron chi connectivity index (χ2n) is 8.96. The van der Waals surface area contributed by atoms with Crippen LogP contribution in [0.25, 0.3) is 0 Å². The van der Waals surface area contributed by atoms with Gasteiger partial charge >= 0.3 is 5.97 Å². The molecule has 240 valence electrons. The highest BCUT2D eigenvalue weighted by Gasteiger charge is 2.26. The molecule has 2 aliphatic rings. The van der Waals surface area contributed by atoms with Gasteiger partial charge in [0.15, 0.2) is 0 Å².